The molecule has 0 spiro atoms. The van der Waals surface area contributed by atoms with Crippen molar-refractivity contribution in [1.29, 1.82) is 0 Å². The van der Waals surface area contributed by atoms with Crippen molar-refractivity contribution in [2.75, 3.05) is 24.6 Å². The Morgan fingerprint density at radius 3 is 3.05 bits per heavy atom. The molecule has 2 aliphatic rings. The van der Waals surface area contributed by atoms with Gasteiger partial charge in [0, 0.05) is 29.8 Å². The van der Waals surface area contributed by atoms with E-state index >= 15 is 0 Å². The summed E-state index contributed by atoms with van der Waals surface area (Å²) in [5.74, 6) is 3.21. The second-order valence-corrected chi connectivity index (χ2v) is 6.96. The molecule has 2 atom stereocenters. The third-order valence-corrected chi connectivity index (χ3v) is 5.20. The Hall–Kier alpha value is -0.670. The number of thioether (sulfide) groups is 1. The fourth-order valence-corrected chi connectivity index (χ4v) is 3.86. The minimum Gasteiger partial charge on any atom is -0.342 e. The number of amides is 1. The molecule has 2 unspecified atom stereocenters. The lowest BCUT2D eigenvalue weighted by Gasteiger charge is -2.20. The SMILES string of the molecule is O=C(C1CC1c1cccc(Cl)c1)N1CCCSCC1. The third kappa shape index (κ3) is 3.09. The molecule has 102 valence electrons. The molecule has 1 saturated heterocycles. The third-order valence-electron chi connectivity index (χ3n) is 3.92. The number of rotatable bonds is 2. The topological polar surface area (TPSA) is 20.3 Å². The number of benzene rings is 1. The van der Waals surface area contributed by atoms with Crippen LogP contribution in [0.1, 0.15) is 24.3 Å². The van der Waals surface area contributed by atoms with Crippen molar-refractivity contribution in [2.24, 2.45) is 5.92 Å². The number of hydrogen-bond acceptors (Lipinski definition) is 2. The number of halogens is 1. The lowest BCUT2D eigenvalue weighted by molar-refractivity contribution is -0.132. The van der Waals surface area contributed by atoms with Crippen LogP contribution in [-0.2, 0) is 4.79 Å². The van der Waals surface area contributed by atoms with Gasteiger partial charge in [-0.1, -0.05) is 23.7 Å². The van der Waals surface area contributed by atoms with Gasteiger partial charge in [0.2, 0.25) is 5.91 Å². The molecule has 1 aromatic rings. The Labute approximate surface area is 123 Å². The van der Waals surface area contributed by atoms with Crippen molar-refractivity contribution >= 4 is 29.3 Å². The van der Waals surface area contributed by atoms with Crippen LogP contribution in [0.4, 0.5) is 0 Å². The molecule has 2 fully saturated rings. The molecule has 1 amide bonds. The number of nitrogens with zero attached hydrogens (tertiary/aromatic N) is 1. The van der Waals surface area contributed by atoms with Gasteiger partial charge in [-0.2, -0.15) is 11.8 Å². The van der Waals surface area contributed by atoms with Gasteiger partial charge in [-0.15, -0.1) is 0 Å². The monoisotopic (exact) mass is 295 g/mol. The van der Waals surface area contributed by atoms with Crippen LogP contribution in [0.5, 0.6) is 0 Å². The van der Waals surface area contributed by atoms with Crippen molar-refractivity contribution in [2.45, 2.75) is 18.8 Å². The van der Waals surface area contributed by atoms with E-state index in [0.717, 1.165) is 36.7 Å². The average molecular weight is 296 g/mol. The molecule has 0 bridgehead atoms. The Bertz CT molecular complexity index is 471. The first kappa shape index (κ1) is 13.3. The van der Waals surface area contributed by atoms with Crippen molar-refractivity contribution in [3.05, 3.63) is 34.9 Å². The van der Waals surface area contributed by atoms with Gasteiger partial charge in [-0.25, -0.2) is 0 Å². The molecule has 1 aliphatic heterocycles. The van der Waals surface area contributed by atoms with Crippen LogP contribution in [0.25, 0.3) is 0 Å². The van der Waals surface area contributed by atoms with Crippen LogP contribution >= 0.6 is 23.4 Å². The molecule has 0 N–H and O–H groups in total. The van der Waals surface area contributed by atoms with Crippen molar-refractivity contribution < 1.29 is 4.79 Å². The maximum absolute atomic E-state index is 12.5. The highest BCUT2D eigenvalue weighted by atomic mass is 35.5. The summed E-state index contributed by atoms with van der Waals surface area (Å²) < 4.78 is 0. The zero-order chi connectivity index (χ0) is 13.2. The van der Waals surface area contributed by atoms with Gasteiger partial charge in [0.15, 0.2) is 0 Å². The van der Waals surface area contributed by atoms with Crippen molar-refractivity contribution in [3.8, 4) is 0 Å². The number of carbonyl (C=O) groups is 1. The van der Waals surface area contributed by atoms with E-state index in [2.05, 4.69) is 11.0 Å². The fraction of sp³-hybridized carbons (Fsp3) is 0.533. The van der Waals surface area contributed by atoms with E-state index in [1.165, 1.54) is 11.3 Å². The van der Waals surface area contributed by atoms with E-state index < -0.39 is 0 Å². The van der Waals surface area contributed by atoms with Gasteiger partial charge < -0.3 is 4.90 Å². The van der Waals surface area contributed by atoms with Gasteiger partial charge in [0.05, 0.1) is 0 Å². The van der Waals surface area contributed by atoms with Gasteiger partial charge in [-0.05, 0) is 42.2 Å². The van der Waals surface area contributed by atoms with E-state index in [-0.39, 0.29) is 5.92 Å². The van der Waals surface area contributed by atoms with Crippen LogP contribution in [0, 0.1) is 5.92 Å². The molecule has 1 saturated carbocycles. The highest BCUT2D eigenvalue weighted by molar-refractivity contribution is 7.99. The highest BCUT2D eigenvalue weighted by Gasteiger charge is 2.45. The van der Waals surface area contributed by atoms with E-state index in [1.54, 1.807) is 0 Å². The molecular weight excluding hydrogens is 278 g/mol. The summed E-state index contributed by atoms with van der Waals surface area (Å²) in [6, 6.07) is 7.94. The first-order chi connectivity index (χ1) is 9.25. The Balaban J connectivity index is 1.64. The zero-order valence-corrected chi connectivity index (χ0v) is 12.4. The maximum atomic E-state index is 12.5. The zero-order valence-electron chi connectivity index (χ0n) is 10.8. The largest absolute Gasteiger partial charge is 0.342 e. The Morgan fingerprint density at radius 2 is 2.21 bits per heavy atom. The van der Waals surface area contributed by atoms with Gasteiger partial charge in [-0.3, -0.25) is 4.79 Å². The molecule has 1 heterocycles. The van der Waals surface area contributed by atoms with Crippen molar-refractivity contribution in [3.63, 3.8) is 0 Å². The molecule has 2 nitrogen and oxygen atoms in total. The summed E-state index contributed by atoms with van der Waals surface area (Å²) in [4.78, 5) is 14.5. The van der Waals surface area contributed by atoms with Crippen molar-refractivity contribution in [1.82, 2.24) is 4.90 Å². The quantitative estimate of drug-likeness (QED) is 0.833. The fourth-order valence-electron chi connectivity index (χ4n) is 2.77. The summed E-state index contributed by atoms with van der Waals surface area (Å²) >= 11 is 7.97. The lowest BCUT2D eigenvalue weighted by Crippen LogP contribution is -2.34. The van der Waals surface area contributed by atoms with Crippen LogP contribution < -0.4 is 0 Å². The average Bonchev–Trinajstić information content (AvgIpc) is 3.22. The van der Waals surface area contributed by atoms with E-state index in [1.807, 2.05) is 30.0 Å². The van der Waals surface area contributed by atoms with Gasteiger partial charge in [0.25, 0.3) is 0 Å². The summed E-state index contributed by atoms with van der Waals surface area (Å²) in [7, 11) is 0. The molecule has 1 aliphatic carbocycles. The smallest absolute Gasteiger partial charge is 0.226 e. The predicted molar refractivity (Wildman–Crippen MR) is 80.8 cm³/mol. The lowest BCUT2D eigenvalue weighted by atomic mass is 10.1. The van der Waals surface area contributed by atoms with E-state index in [0.29, 0.717) is 11.8 Å². The molecule has 19 heavy (non-hydrogen) atoms. The van der Waals surface area contributed by atoms with Crippen LogP contribution in [0.3, 0.4) is 0 Å². The first-order valence-electron chi connectivity index (χ1n) is 6.88. The first-order valence-corrected chi connectivity index (χ1v) is 8.41. The summed E-state index contributed by atoms with van der Waals surface area (Å²) in [6.07, 6.45) is 2.12. The summed E-state index contributed by atoms with van der Waals surface area (Å²) in [6.45, 7) is 1.85. The number of carbonyl (C=O) groups excluding carboxylic acids is 1. The normalized spacial score (nSPS) is 26.9. The predicted octanol–water partition coefficient (Wildman–Crippen LogP) is 3.41. The maximum Gasteiger partial charge on any atom is 0.226 e. The molecule has 3 rings (SSSR count). The molecule has 0 aromatic heterocycles. The molecule has 1 aromatic carbocycles. The minimum atomic E-state index is 0.196. The van der Waals surface area contributed by atoms with E-state index in [9.17, 15) is 4.79 Å². The summed E-state index contributed by atoms with van der Waals surface area (Å²) in [5.41, 5.74) is 1.22. The summed E-state index contributed by atoms with van der Waals surface area (Å²) in [5, 5.41) is 0.766. The van der Waals surface area contributed by atoms with Crippen LogP contribution in [-0.4, -0.2) is 35.4 Å². The van der Waals surface area contributed by atoms with Crippen LogP contribution in [0.15, 0.2) is 24.3 Å². The molecule has 0 radical (unpaired) electrons. The highest BCUT2D eigenvalue weighted by Crippen LogP contribution is 2.48. The Kier molecular flexibility index (Phi) is 4.04. The standard InChI is InChI=1S/C15H18ClNOS/c16-12-4-1-3-11(9-12)13-10-14(13)15(18)17-5-2-7-19-8-6-17/h1,3-4,9,13-14H,2,5-8,10H2. The second-order valence-electron chi connectivity index (χ2n) is 5.29. The molecule has 4 heteroatoms. The number of hydrogen-bond donors (Lipinski definition) is 0. The van der Waals surface area contributed by atoms with E-state index in [4.69, 9.17) is 11.6 Å². The minimum absolute atomic E-state index is 0.196. The molecular formula is C15H18ClNOS. The van der Waals surface area contributed by atoms with Gasteiger partial charge in [0.1, 0.15) is 0 Å². The van der Waals surface area contributed by atoms with Crippen LogP contribution in [0.2, 0.25) is 5.02 Å². The van der Waals surface area contributed by atoms with Gasteiger partial charge >= 0.3 is 0 Å². The second kappa shape index (κ2) is 5.76. The Morgan fingerprint density at radius 1 is 1.32 bits per heavy atom.